The molecule has 0 aliphatic carbocycles. The lowest BCUT2D eigenvalue weighted by molar-refractivity contribution is -0.116. The number of carbonyl (C=O) groups excluding carboxylic acids is 1. The van der Waals surface area contributed by atoms with Crippen LogP contribution in [0.3, 0.4) is 0 Å². The van der Waals surface area contributed by atoms with Crippen molar-refractivity contribution in [3.63, 3.8) is 0 Å². The molecule has 0 atom stereocenters. The number of aromatic nitrogens is 1. The molecule has 4 aromatic rings. The molecule has 184 valence electrons. The molecular formula is C29H29N3O4. The molecule has 1 aliphatic rings. The summed E-state index contributed by atoms with van der Waals surface area (Å²) in [5.74, 6) is 1.33. The van der Waals surface area contributed by atoms with Gasteiger partial charge in [-0.2, -0.15) is 0 Å². The number of nitrogens with zero attached hydrogens (tertiary/aromatic N) is 1. The molecule has 2 N–H and O–H groups in total. The van der Waals surface area contributed by atoms with Crippen LogP contribution in [0.1, 0.15) is 30.9 Å². The van der Waals surface area contributed by atoms with E-state index in [9.17, 15) is 9.59 Å². The molecule has 1 amide bonds. The van der Waals surface area contributed by atoms with E-state index in [-0.39, 0.29) is 18.0 Å². The van der Waals surface area contributed by atoms with Crippen molar-refractivity contribution in [1.82, 2.24) is 4.57 Å². The number of hydrogen-bond acceptors (Lipinski definition) is 5. The molecule has 7 nitrogen and oxygen atoms in total. The van der Waals surface area contributed by atoms with E-state index in [1.165, 1.54) is 10.1 Å². The fourth-order valence-corrected chi connectivity index (χ4v) is 4.31. The van der Waals surface area contributed by atoms with E-state index in [2.05, 4.69) is 24.5 Å². The third-order valence-corrected chi connectivity index (χ3v) is 6.25. The summed E-state index contributed by atoms with van der Waals surface area (Å²) >= 11 is 0. The van der Waals surface area contributed by atoms with Crippen molar-refractivity contribution < 1.29 is 14.3 Å². The number of pyridine rings is 1. The van der Waals surface area contributed by atoms with E-state index in [0.717, 1.165) is 11.1 Å². The lowest BCUT2D eigenvalue weighted by atomic mass is 10.0. The standard InChI is InChI=1S/C29H29N3O4/c1-19(2)20-8-10-24(11-9-20)31-28(33)18-32-25-16-27-26(35-12-13-36-27)15-21(25)14-22(29(32)34)17-30-23-6-4-3-5-7-23/h3-11,14-16,19,30H,12-13,17-18H2,1-2H3,(H,31,33). The maximum absolute atomic E-state index is 13.6. The summed E-state index contributed by atoms with van der Waals surface area (Å²) in [6.07, 6.45) is 0. The van der Waals surface area contributed by atoms with Crippen LogP contribution in [0.15, 0.2) is 77.6 Å². The number of carbonyl (C=O) groups is 1. The number of fused-ring (bicyclic) bond motifs is 2. The molecule has 3 aromatic carbocycles. The molecular weight excluding hydrogens is 454 g/mol. The van der Waals surface area contributed by atoms with Crippen molar-refractivity contribution >= 4 is 28.2 Å². The minimum atomic E-state index is -0.279. The van der Waals surface area contributed by atoms with Gasteiger partial charge in [-0.15, -0.1) is 0 Å². The highest BCUT2D eigenvalue weighted by Gasteiger charge is 2.18. The van der Waals surface area contributed by atoms with Gasteiger partial charge in [-0.3, -0.25) is 14.2 Å². The zero-order valence-corrected chi connectivity index (χ0v) is 20.4. The Morgan fingerprint density at radius 2 is 1.61 bits per heavy atom. The lowest BCUT2D eigenvalue weighted by Gasteiger charge is -2.21. The molecule has 0 radical (unpaired) electrons. The summed E-state index contributed by atoms with van der Waals surface area (Å²) in [5.41, 5.74) is 3.75. The summed E-state index contributed by atoms with van der Waals surface area (Å²) in [6, 6.07) is 23.0. The van der Waals surface area contributed by atoms with Gasteiger partial charge < -0.3 is 20.1 Å². The molecule has 1 aliphatic heterocycles. The second kappa shape index (κ2) is 10.2. The lowest BCUT2D eigenvalue weighted by Crippen LogP contribution is -2.31. The summed E-state index contributed by atoms with van der Waals surface area (Å²) in [5, 5.41) is 7.02. The van der Waals surface area contributed by atoms with E-state index >= 15 is 0 Å². The second-order valence-corrected chi connectivity index (χ2v) is 9.16. The van der Waals surface area contributed by atoms with E-state index in [4.69, 9.17) is 9.47 Å². The number of rotatable bonds is 7. The Morgan fingerprint density at radius 1 is 0.917 bits per heavy atom. The third-order valence-electron chi connectivity index (χ3n) is 6.25. The Labute approximate surface area is 209 Å². The molecule has 0 spiro atoms. The molecule has 0 saturated heterocycles. The number of ether oxygens (including phenoxy) is 2. The summed E-state index contributed by atoms with van der Waals surface area (Å²) in [7, 11) is 0. The summed E-state index contributed by atoms with van der Waals surface area (Å²) < 4.78 is 13.0. The fraction of sp³-hybridized carbons (Fsp3) is 0.241. The van der Waals surface area contributed by atoms with Crippen LogP contribution in [0.25, 0.3) is 10.9 Å². The third kappa shape index (κ3) is 5.05. The monoisotopic (exact) mass is 483 g/mol. The first-order chi connectivity index (χ1) is 17.5. The molecule has 0 saturated carbocycles. The number of amides is 1. The highest BCUT2D eigenvalue weighted by atomic mass is 16.6. The highest BCUT2D eigenvalue weighted by molar-refractivity contribution is 5.92. The predicted octanol–water partition coefficient (Wildman–Crippen LogP) is 5.15. The summed E-state index contributed by atoms with van der Waals surface area (Å²) in [4.78, 5) is 26.6. The quantitative estimate of drug-likeness (QED) is 0.380. The van der Waals surface area contributed by atoms with Gasteiger partial charge in [0.15, 0.2) is 11.5 Å². The molecule has 0 bridgehead atoms. The Hall–Kier alpha value is -4.26. The Kier molecular flexibility index (Phi) is 6.62. The zero-order chi connectivity index (χ0) is 25.1. The Balaban J connectivity index is 1.47. The Bertz CT molecular complexity index is 1440. The van der Waals surface area contributed by atoms with Crippen LogP contribution in [0.2, 0.25) is 0 Å². The largest absolute Gasteiger partial charge is 0.486 e. The van der Waals surface area contributed by atoms with Crippen molar-refractivity contribution in [2.45, 2.75) is 32.9 Å². The summed E-state index contributed by atoms with van der Waals surface area (Å²) in [6.45, 7) is 5.36. The number of benzene rings is 3. The van der Waals surface area contributed by atoms with Gasteiger partial charge in [0.2, 0.25) is 5.91 Å². The topological polar surface area (TPSA) is 81.6 Å². The molecule has 1 aromatic heterocycles. The maximum Gasteiger partial charge on any atom is 0.256 e. The first kappa shape index (κ1) is 23.5. The van der Waals surface area contributed by atoms with Crippen LogP contribution >= 0.6 is 0 Å². The van der Waals surface area contributed by atoms with Gasteiger partial charge in [0.25, 0.3) is 5.56 Å². The van der Waals surface area contributed by atoms with E-state index in [1.54, 1.807) is 6.07 Å². The SMILES string of the molecule is CC(C)c1ccc(NC(=O)Cn2c(=O)c(CNc3ccccc3)cc3cc4c(cc32)OCCO4)cc1. The molecule has 0 unspecified atom stereocenters. The van der Waals surface area contributed by atoms with Gasteiger partial charge >= 0.3 is 0 Å². The van der Waals surface area contributed by atoms with Crippen LogP contribution in [-0.2, 0) is 17.9 Å². The normalized spacial score (nSPS) is 12.5. The van der Waals surface area contributed by atoms with Crippen LogP contribution in [0, 0.1) is 0 Å². The van der Waals surface area contributed by atoms with Crippen LogP contribution in [0.5, 0.6) is 11.5 Å². The molecule has 2 heterocycles. The molecule has 0 fully saturated rings. The minimum Gasteiger partial charge on any atom is -0.486 e. The number of anilines is 2. The Morgan fingerprint density at radius 3 is 2.31 bits per heavy atom. The number of nitrogens with one attached hydrogen (secondary N) is 2. The second-order valence-electron chi connectivity index (χ2n) is 9.16. The van der Waals surface area contributed by atoms with Gasteiger partial charge in [-0.1, -0.05) is 44.2 Å². The molecule has 5 rings (SSSR count). The molecule has 36 heavy (non-hydrogen) atoms. The van der Waals surface area contributed by atoms with Gasteiger partial charge in [0.1, 0.15) is 19.8 Å². The maximum atomic E-state index is 13.6. The highest BCUT2D eigenvalue weighted by Crippen LogP contribution is 2.34. The average molecular weight is 484 g/mol. The van der Waals surface area contributed by atoms with E-state index < -0.39 is 0 Å². The smallest absolute Gasteiger partial charge is 0.256 e. The van der Waals surface area contributed by atoms with Crippen molar-refractivity contribution in [2.24, 2.45) is 0 Å². The van der Waals surface area contributed by atoms with Crippen molar-refractivity contribution in [3.05, 3.63) is 94.3 Å². The minimum absolute atomic E-state index is 0.125. The number of hydrogen-bond donors (Lipinski definition) is 2. The predicted molar refractivity (Wildman–Crippen MR) is 142 cm³/mol. The van der Waals surface area contributed by atoms with E-state index in [1.807, 2.05) is 66.7 Å². The zero-order valence-electron chi connectivity index (χ0n) is 20.4. The first-order valence-corrected chi connectivity index (χ1v) is 12.1. The van der Waals surface area contributed by atoms with Crippen LogP contribution < -0.4 is 25.7 Å². The fourth-order valence-electron chi connectivity index (χ4n) is 4.31. The van der Waals surface area contributed by atoms with Gasteiger partial charge in [0.05, 0.1) is 5.52 Å². The van der Waals surface area contributed by atoms with Gasteiger partial charge in [0, 0.05) is 34.9 Å². The van der Waals surface area contributed by atoms with Gasteiger partial charge in [-0.05, 0) is 47.9 Å². The van der Waals surface area contributed by atoms with Crippen LogP contribution in [0.4, 0.5) is 11.4 Å². The van der Waals surface area contributed by atoms with Crippen molar-refractivity contribution in [1.29, 1.82) is 0 Å². The first-order valence-electron chi connectivity index (χ1n) is 12.1. The molecule has 7 heteroatoms. The van der Waals surface area contributed by atoms with Crippen molar-refractivity contribution in [2.75, 3.05) is 23.8 Å². The number of para-hydroxylation sites is 1. The van der Waals surface area contributed by atoms with Crippen LogP contribution in [-0.4, -0.2) is 23.7 Å². The van der Waals surface area contributed by atoms with Gasteiger partial charge in [-0.25, -0.2) is 0 Å². The average Bonchev–Trinajstić information content (AvgIpc) is 2.89. The van der Waals surface area contributed by atoms with E-state index in [0.29, 0.717) is 53.9 Å². The van der Waals surface area contributed by atoms with Crippen molar-refractivity contribution in [3.8, 4) is 11.5 Å².